The van der Waals surface area contributed by atoms with E-state index in [1.807, 2.05) is 42.5 Å². The molecule has 1 aliphatic rings. The number of nitrogens with one attached hydrogen (secondary N) is 1. The Morgan fingerprint density at radius 2 is 2.25 bits per heavy atom. The molecule has 1 aromatic carbocycles. The minimum atomic E-state index is -0.0572. The number of hydrogen-bond donors (Lipinski definition) is 1. The summed E-state index contributed by atoms with van der Waals surface area (Å²) in [7, 11) is 1.80. The average molecular weight is 274 g/mol. The van der Waals surface area contributed by atoms with Gasteiger partial charge in [-0.2, -0.15) is 0 Å². The summed E-state index contributed by atoms with van der Waals surface area (Å²) in [5, 5.41) is 2.87. The Hall–Kier alpha value is -1.81. The van der Waals surface area contributed by atoms with E-state index in [1.165, 1.54) is 0 Å². The van der Waals surface area contributed by atoms with E-state index < -0.39 is 0 Å². The summed E-state index contributed by atoms with van der Waals surface area (Å²) in [6.07, 6.45) is 6.30. The molecule has 1 heterocycles. The van der Waals surface area contributed by atoms with Crippen LogP contribution >= 0.6 is 0 Å². The fourth-order valence-corrected chi connectivity index (χ4v) is 2.22. The van der Waals surface area contributed by atoms with Crippen molar-refractivity contribution in [1.82, 2.24) is 10.2 Å². The van der Waals surface area contributed by atoms with E-state index in [0.29, 0.717) is 13.1 Å². The number of ether oxygens (including phenoxy) is 1. The molecule has 0 radical (unpaired) electrons. The molecule has 0 saturated carbocycles. The number of benzene rings is 1. The van der Waals surface area contributed by atoms with E-state index in [9.17, 15) is 4.79 Å². The molecule has 4 nitrogen and oxygen atoms in total. The van der Waals surface area contributed by atoms with Crippen LogP contribution in [0.15, 0.2) is 36.4 Å². The molecule has 0 aliphatic carbocycles. The predicted molar refractivity (Wildman–Crippen MR) is 80.5 cm³/mol. The Morgan fingerprint density at radius 1 is 1.45 bits per heavy atom. The van der Waals surface area contributed by atoms with Gasteiger partial charge in [-0.15, -0.1) is 0 Å². The van der Waals surface area contributed by atoms with Crippen molar-refractivity contribution in [2.75, 3.05) is 26.7 Å². The molecule has 0 unspecified atom stereocenters. The number of rotatable bonds is 5. The second-order valence-corrected chi connectivity index (χ2v) is 5.01. The number of carbonyl (C=O) groups is 1. The fourth-order valence-electron chi connectivity index (χ4n) is 2.22. The molecule has 2 rings (SSSR count). The Morgan fingerprint density at radius 3 is 2.95 bits per heavy atom. The highest BCUT2D eigenvalue weighted by Gasteiger charge is 2.19. The van der Waals surface area contributed by atoms with Crippen LogP contribution in [0, 0.1) is 0 Å². The van der Waals surface area contributed by atoms with Gasteiger partial charge >= 0.3 is 6.03 Å². The molecule has 1 aliphatic heterocycles. The lowest BCUT2D eigenvalue weighted by Gasteiger charge is -2.20. The van der Waals surface area contributed by atoms with Crippen molar-refractivity contribution in [1.29, 1.82) is 0 Å². The molecule has 1 fully saturated rings. The normalized spacial score (nSPS) is 18.4. The van der Waals surface area contributed by atoms with Crippen LogP contribution in [0.5, 0.6) is 0 Å². The highest BCUT2D eigenvalue weighted by molar-refractivity contribution is 5.74. The molecule has 4 heteroatoms. The van der Waals surface area contributed by atoms with Crippen molar-refractivity contribution in [2.24, 2.45) is 0 Å². The number of nitrogens with zero attached hydrogens (tertiary/aromatic N) is 1. The maximum atomic E-state index is 11.9. The zero-order valence-electron chi connectivity index (χ0n) is 11.9. The minimum absolute atomic E-state index is 0.0572. The van der Waals surface area contributed by atoms with E-state index in [4.69, 9.17) is 4.74 Å². The molecule has 0 aromatic heterocycles. The summed E-state index contributed by atoms with van der Waals surface area (Å²) in [6, 6.07) is 9.97. The van der Waals surface area contributed by atoms with Crippen molar-refractivity contribution in [3.63, 3.8) is 0 Å². The Labute approximate surface area is 120 Å². The molecule has 1 N–H and O–H groups in total. The summed E-state index contributed by atoms with van der Waals surface area (Å²) >= 11 is 0. The standard InChI is InChI=1S/C16H22N2O2/c1-18(13-15-10-6-12-20-15)16(19)17-11-5-9-14-7-3-2-4-8-14/h2-5,7-9,15H,6,10-13H2,1H3,(H,17,19)/b9-5+/t15-/m0/s1. The number of likely N-dealkylation sites (N-methyl/N-ethyl adjacent to an activating group) is 1. The van der Waals surface area contributed by atoms with Gasteiger partial charge in [0.05, 0.1) is 6.10 Å². The van der Waals surface area contributed by atoms with Crippen molar-refractivity contribution in [2.45, 2.75) is 18.9 Å². The number of carbonyl (C=O) groups excluding carboxylic acids is 1. The molecule has 20 heavy (non-hydrogen) atoms. The summed E-state index contributed by atoms with van der Waals surface area (Å²) < 4.78 is 5.52. The van der Waals surface area contributed by atoms with Crippen LogP contribution in [0.2, 0.25) is 0 Å². The van der Waals surface area contributed by atoms with Gasteiger partial charge < -0.3 is 15.0 Å². The number of amides is 2. The van der Waals surface area contributed by atoms with E-state index in [2.05, 4.69) is 5.32 Å². The third-order valence-corrected chi connectivity index (χ3v) is 3.33. The van der Waals surface area contributed by atoms with Gasteiger partial charge in [-0.05, 0) is 18.4 Å². The highest BCUT2D eigenvalue weighted by atomic mass is 16.5. The molecule has 1 saturated heterocycles. The quantitative estimate of drug-likeness (QED) is 0.896. The molecular formula is C16H22N2O2. The van der Waals surface area contributed by atoms with Crippen LogP contribution in [0.4, 0.5) is 4.79 Å². The van der Waals surface area contributed by atoms with Gasteiger partial charge in [-0.3, -0.25) is 0 Å². The van der Waals surface area contributed by atoms with Gasteiger partial charge in [-0.25, -0.2) is 4.79 Å². The van der Waals surface area contributed by atoms with Crippen LogP contribution in [0.3, 0.4) is 0 Å². The van der Waals surface area contributed by atoms with Crippen LogP contribution < -0.4 is 5.32 Å². The first-order valence-corrected chi connectivity index (χ1v) is 7.08. The zero-order chi connectivity index (χ0) is 14.2. The van der Waals surface area contributed by atoms with Crippen LogP contribution in [0.1, 0.15) is 18.4 Å². The third kappa shape index (κ3) is 4.70. The molecule has 108 valence electrons. The van der Waals surface area contributed by atoms with E-state index in [-0.39, 0.29) is 12.1 Å². The summed E-state index contributed by atoms with van der Waals surface area (Å²) in [6.45, 7) is 2.01. The maximum Gasteiger partial charge on any atom is 0.317 e. The Bertz CT molecular complexity index is 439. The second-order valence-electron chi connectivity index (χ2n) is 5.01. The van der Waals surface area contributed by atoms with Crippen LogP contribution in [-0.2, 0) is 4.74 Å². The number of hydrogen-bond acceptors (Lipinski definition) is 2. The SMILES string of the molecule is CN(C[C@@H]1CCCO1)C(=O)NC/C=C/c1ccccc1. The highest BCUT2D eigenvalue weighted by Crippen LogP contribution is 2.12. The van der Waals surface area contributed by atoms with E-state index in [0.717, 1.165) is 25.0 Å². The Kier molecular flexibility index (Phi) is 5.62. The van der Waals surface area contributed by atoms with Crippen LogP contribution in [0.25, 0.3) is 6.08 Å². The maximum absolute atomic E-state index is 11.9. The average Bonchev–Trinajstić information content (AvgIpc) is 2.97. The van der Waals surface area contributed by atoms with Gasteiger partial charge in [0.25, 0.3) is 0 Å². The van der Waals surface area contributed by atoms with Crippen molar-refractivity contribution in [3.05, 3.63) is 42.0 Å². The Balaban J connectivity index is 1.67. The second kappa shape index (κ2) is 7.70. The van der Waals surface area contributed by atoms with Gasteiger partial charge in [0.15, 0.2) is 0 Å². The van der Waals surface area contributed by atoms with E-state index in [1.54, 1.807) is 11.9 Å². The molecule has 2 amide bonds. The fraction of sp³-hybridized carbons (Fsp3) is 0.438. The number of urea groups is 1. The lowest BCUT2D eigenvalue weighted by molar-refractivity contribution is 0.0876. The molecular weight excluding hydrogens is 252 g/mol. The summed E-state index contributed by atoms with van der Waals surface area (Å²) in [4.78, 5) is 13.6. The summed E-state index contributed by atoms with van der Waals surface area (Å²) in [5.74, 6) is 0. The van der Waals surface area contributed by atoms with Crippen molar-refractivity contribution in [3.8, 4) is 0 Å². The van der Waals surface area contributed by atoms with E-state index >= 15 is 0 Å². The zero-order valence-corrected chi connectivity index (χ0v) is 11.9. The summed E-state index contributed by atoms with van der Waals surface area (Å²) in [5.41, 5.74) is 1.13. The first-order chi connectivity index (χ1) is 9.75. The molecule has 1 atom stereocenters. The topological polar surface area (TPSA) is 41.6 Å². The lowest BCUT2D eigenvalue weighted by atomic mass is 10.2. The van der Waals surface area contributed by atoms with Gasteiger partial charge in [0.1, 0.15) is 0 Å². The van der Waals surface area contributed by atoms with Crippen molar-refractivity contribution >= 4 is 12.1 Å². The lowest BCUT2D eigenvalue weighted by Crippen LogP contribution is -2.41. The third-order valence-electron chi connectivity index (χ3n) is 3.33. The first kappa shape index (κ1) is 14.6. The molecule has 1 aromatic rings. The van der Waals surface area contributed by atoms with Gasteiger partial charge in [-0.1, -0.05) is 42.5 Å². The molecule has 0 spiro atoms. The predicted octanol–water partition coefficient (Wildman–Crippen LogP) is 2.52. The molecule has 0 bridgehead atoms. The monoisotopic (exact) mass is 274 g/mol. The largest absolute Gasteiger partial charge is 0.376 e. The van der Waals surface area contributed by atoms with Gasteiger partial charge in [0, 0.05) is 26.7 Å². The van der Waals surface area contributed by atoms with Gasteiger partial charge in [0.2, 0.25) is 0 Å². The smallest absolute Gasteiger partial charge is 0.317 e. The van der Waals surface area contributed by atoms with Crippen LogP contribution in [-0.4, -0.2) is 43.8 Å². The van der Waals surface area contributed by atoms with Crippen molar-refractivity contribution < 1.29 is 9.53 Å². The minimum Gasteiger partial charge on any atom is -0.376 e. The first-order valence-electron chi connectivity index (χ1n) is 7.08.